The Hall–Kier alpha value is -8.43. The molecule has 6 nitrogen and oxygen atoms in total. The first-order valence-electron chi connectivity index (χ1n) is 20.2. The van der Waals surface area contributed by atoms with Gasteiger partial charge in [0.2, 0.25) is 0 Å². The third-order valence-electron chi connectivity index (χ3n) is 11.1. The zero-order valence-corrected chi connectivity index (χ0v) is 33.8. The first-order chi connectivity index (χ1) is 31.4. The second kappa shape index (κ2) is 16.0. The van der Waals surface area contributed by atoms with Crippen LogP contribution in [0.3, 0.4) is 0 Å². The normalized spacial score (nSPS) is 11.8. The lowest BCUT2D eigenvalue weighted by Gasteiger charge is -2.20. The molecule has 0 radical (unpaired) electrons. The molecule has 7 aromatic carbocycles. The van der Waals surface area contributed by atoms with Crippen LogP contribution >= 0.6 is 0 Å². The van der Waals surface area contributed by atoms with Crippen molar-refractivity contribution in [3.05, 3.63) is 199 Å². The molecule has 0 saturated heterocycles. The summed E-state index contributed by atoms with van der Waals surface area (Å²) in [6.45, 7) is 0. The molecule has 0 aliphatic carbocycles. The van der Waals surface area contributed by atoms with Crippen molar-refractivity contribution in [2.75, 3.05) is 0 Å². The van der Waals surface area contributed by atoms with E-state index in [1.807, 2.05) is 133 Å². The largest absolute Gasteiger partial charge is 0.416 e. The molecule has 0 atom stereocenters. The maximum Gasteiger partial charge on any atom is 0.416 e. The fourth-order valence-corrected chi connectivity index (χ4v) is 8.06. The number of fused-ring (bicyclic) bond motifs is 3. The summed E-state index contributed by atoms with van der Waals surface area (Å²) in [7, 11) is 0. The first kappa shape index (κ1) is 40.6. The van der Waals surface area contributed by atoms with E-state index in [4.69, 9.17) is 19.9 Å². The van der Waals surface area contributed by atoms with Gasteiger partial charge in [0, 0.05) is 44.2 Å². The highest BCUT2D eigenvalue weighted by Gasteiger charge is 2.34. The second-order valence-corrected chi connectivity index (χ2v) is 15.2. The Kier molecular flexibility index (Phi) is 10.0. The van der Waals surface area contributed by atoms with Crippen molar-refractivity contribution < 1.29 is 26.3 Å². The molecule has 0 aliphatic heterocycles. The minimum Gasteiger partial charge on any atom is -0.308 e. The highest BCUT2D eigenvalue weighted by Crippen LogP contribution is 2.45. The van der Waals surface area contributed by atoms with E-state index >= 15 is 0 Å². The van der Waals surface area contributed by atoms with Crippen LogP contribution in [-0.4, -0.2) is 24.5 Å². The monoisotopic (exact) mass is 864 g/mol. The lowest BCUT2D eigenvalue weighted by atomic mass is 9.99. The summed E-state index contributed by atoms with van der Waals surface area (Å²) >= 11 is 0. The van der Waals surface area contributed by atoms with Gasteiger partial charge in [-0.25, -0.2) is 19.9 Å². The van der Waals surface area contributed by atoms with Crippen LogP contribution in [0.5, 0.6) is 0 Å². The van der Waals surface area contributed by atoms with E-state index < -0.39 is 23.5 Å². The van der Waals surface area contributed by atoms with Crippen LogP contribution < -0.4 is 0 Å². The molecule has 10 aromatic rings. The molecule has 10 rings (SSSR count). The molecule has 0 amide bonds. The number of rotatable bonds is 7. The van der Waals surface area contributed by atoms with Crippen molar-refractivity contribution in [2.24, 2.45) is 0 Å². The number of hydrogen-bond donors (Lipinski definition) is 0. The summed E-state index contributed by atoms with van der Waals surface area (Å²) in [6.07, 6.45) is -9.62. The van der Waals surface area contributed by atoms with Gasteiger partial charge in [0.1, 0.15) is 0 Å². The summed E-state index contributed by atoms with van der Waals surface area (Å²) in [5, 5.41) is 10.6. The van der Waals surface area contributed by atoms with Gasteiger partial charge in [-0.05, 0) is 60.7 Å². The van der Waals surface area contributed by atoms with Crippen LogP contribution in [-0.2, 0) is 12.4 Å². The number of halogens is 6. The SMILES string of the molecule is N#Cc1cc(-c2nc(-c3ccccc3)cc(-c3ccccc3)n2)c(-n2c3ccc(C(F)(F)F)cc3c3cc(C(F)(F)F)ccc32)c(-c2nc(-c3ccccc3)cc(-c3ccccc3)n2)c1. The van der Waals surface area contributed by atoms with Crippen LogP contribution in [0.25, 0.3) is 95.3 Å². The summed E-state index contributed by atoms with van der Waals surface area (Å²) in [4.78, 5) is 20.4. The Morgan fingerprint density at radius 2 is 0.723 bits per heavy atom. The Bertz CT molecular complexity index is 3120. The van der Waals surface area contributed by atoms with E-state index in [0.29, 0.717) is 22.8 Å². The molecule has 0 N–H and O–H groups in total. The van der Waals surface area contributed by atoms with Crippen LogP contribution in [0, 0.1) is 11.3 Å². The summed E-state index contributed by atoms with van der Waals surface area (Å²) in [5.74, 6) is 0.241. The van der Waals surface area contributed by atoms with Gasteiger partial charge < -0.3 is 4.57 Å². The Labute approximate surface area is 367 Å². The number of aromatic nitrogens is 5. The molecule has 0 unspecified atom stereocenters. The molecule has 314 valence electrons. The lowest BCUT2D eigenvalue weighted by molar-refractivity contribution is -0.138. The maximum absolute atomic E-state index is 14.4. The highest BCUT2D eigenvalue weighted by atomic mass is 19.4. The van der Waals surface area contributed by atoms with Crippen molar-refractivity contribution in [3.8, 4) is 79.6 Å². The quantitative estimate of drug-likeness (QED) is 0.149. The van der Waals surface area contributed by atoms with E-state index in [9.17, 15) is 31.6 Å². The Morgan fingerprint density at radius 1 is 0.400 bits per heavy atom. The van der Waals surface area contributed by atoms with Gasteiger partial charge in [-0.15, -0.1) is 0 Å². The molecule has 65 heavy (non-hydrogen) atoms. The molecule has 0 fully saturated rings. The van der Waals surface area contributed by atoms with E-state index in [-0.39, 0.29) is 55.8 Å². The highest BCUT2D eigenvalue weighted by molar-refractivity contribution is 6.11. The predicted octanol–water partition coefficient (Wildman–Crippen LogP) is 14.3. The average molecular weight is 865 g/mol. The number of hydrogen-bond acceptors (Lipinski definition) is 5. The number of alkyl halides is 6. The summed E-state index contributed by atoms with van der Waals surface area (Å²) < 4.78 is 88.2. The first-order valence-corrected chi connectivity index (χ1v) is 20.2. The Balaban J connectivity index is 1.38. The zero-order valence-electron chi connectivity index (χ0n) is 33.8. The van der Waals surface area contributed by atoms with Crippen molar-refractivity contribution in [3.63, 3.8) is 0 Å². The molecule has 0 saturated carbocycles. The van der Waals surface area contributed by atoms with Gasteiger partial charge in [-0.2, -0.15) is 31.6 Å². The minimum absolute atomic E-state index is 0.0879. The van der Waals surface area contributed by atoms with Crippen molar-refractivity contribution in [2.45, 2.75) is 12.4 Å². The third kappa shape index (κ3) is 7.74. The van der Waals surface area contributed by atoms with Gasteiger partial charge in [-0.1, -0.05) is 121 Å². The van der Waals surface area contributed by atoms with Crippen molar-refractivity contribution in [1.29, 1.82) is 5.26 Å². The van der Waals surface area contributed by atoms with E-state index in [1.54, 1.807) is 16.7 Å². The third-order valence-corrected chi connectivity index (χ3v) is 11.1. The number of nitrogens with zero attached hydrogens (tertiary/aromatic N) is 6. The topological polar surface area (TPSA) is 80.3 Å². The average Bonchev–Trinajstić information content (AvgIpc) is 3.66. The molecule has 0 bridgehead atoms. The molecule has 0 aliphatic rings. The minimum atomic E-state index is -4.81. The number of benzene rings is 7. The molecule has 0 spiro atoms. The zero-order chi connectivity index (χ0) is 44.9. The van der Waals surface area contributed by atoms with Gasteiger partial charge in [-0.3, -0.25) is 0 Å². The standard InChI is InChI=1S/C53H30F6N6/c54-52(55,56)37-21-23-47-39(27-37)40-28-38(53(57,58)59)22-24-48(40)65(47)49-41(50-61-43(33-13-5-1-6-14-33)29-44(62-50)34-15-7-2-8-16-34)25-32(31-60)26-42(49)51-63-45(35-17-9-3-10-18-35)30-46(64-51)36-19-11-4-12-20-36/h1-30H. The predicted molar refractivity (Wildman–Crippen MR) is 239 cm³/mol. The smallest absolute Gasteiger partial charge is 0.308 e. The van der Waals surface area contributed by atoms with Crippen molar-refractivity contribution >= 4 is 21.8 Å². The molecule has 12 heteroatoms. The van der Waals surface area contributed by atoms with E-state index in [2.05, 4.69) is 6.07 Å². The molecule has 3 aromatic heterocycles. The van der Waals surface area contributed by atoms with E-state index in [1.165, 1.54) is 12.1 Å². The summed E-state index contributed by atoms with van der Waals surface area (Å²) in [6, 6.07) is 52.5. The van der Waals surface area contributed by atoms with Crippen LogP contribution in [0.15, 0.2) is 182 Å². The van der Waals surface area contributed by atoms with Crippen molar-refractivity contribution in [1.82, 2.24) is 24.5 Å². The van der Waals surface area contributed by atoms with Gasteiger partial charge in [0.05, 0.1) is 62.3 Å². The van der Waals surface area contributed by atoms with Gasteiger partial charge in [0.15, 0.2) is 11.6 Å². The summed E-state index contributed by atoms with van der Waals surface area (Å²) in [5.41, 5.74) is 4.09. The van der Waals surface area contributed by atoms with Gasteiger partial charge >= 0.3 is 12.4 Å². The van der Waals surface area contributed by atoms with Crippen LogP contribution in [0.2, 0.25) is 0 Å². The van der Waals surface area contributed by atoms with E-state index in [0.717, 1.165) is 46.5 Å². The Morgan fingerprint density at radius 3 is 1.02 bits per heavy atom. The maximum atomic E-state index is 14.4. The molecule has 3 heterocycles. The number of nitriles is 1. The molecular formula is C53H30F6N6. The van der Waals surface area contributed by atoms with Crippen LogP contribution in [0.1, 0.15) is 16.7 Å². The fourth-order valence-electron chi connectivity index (χ4n) is 8.06. The van der Waals surface area contributed by atoms with Crippen LogP contribution in [0.4, 0.5) is 26.3 Å². The fraction of sp³-hybridized carbons (Fsp3) is 0.0377. The molecular weight excluding hydrogens is 835 g/mol. The van der Waals surface area contributed by atoms with Gasteiger partial charge in [0.25, 0.3) is 0 Å². The lowest BCUT2D eigenvalue weighted by Crippen LogP contribution is -2.07. The second-order valence-electron chi connectivity index (χ2n) is 15.2.